The van der Waals surface area contributed by atoms with Crippen molar-refractivity contribution in [2.75, 3.05) is 37.6 Å². The molecule has 8 heteroatoms. The number of amides is 3. The van der Waals surface area contributed by atoms with Crippen LogP contribution < -0.4 is 15.5 Å². The molecule has 1 aromatic rings. The minimum Gasteiger partial charge on any atom is -0.371 e. The van der Waals surface area contributed by atoms with Gasteiger partial charge in [-0.25, -0.2) is 0 Å². The third kappa shape index (κ3) is 3.94. The molecule has 8 nitrogen and oxygen atoms in total. The molecule has 3 unspecified atom stereocenters. The Morgan fingerprint density at radius 3 is 2.48 bits per heavy atom. The SMILES string of the molecule is CC1CN(CC2CN(c3ccc4c(c3)C(=O)N(C3CCC(=O)NC3=O)C4)C2)CC(C)N1. The lowest BCUT2D eigenvalue weighted by Crippen LogP contribution is -2.58. The van der Waals surface area contributed by atoms with Crippen molar-refractivity contribution in [3.8, 4) is 0 Å². The first-order valence-corrected chi connectivity index (χ1v) is 11.4. The number of hydrogen-bond donors (Lipinski definition) is 2. The van der Waals surface area contributed by atoms with E-state index < -0.39 is 6.04 Å². The number of carbonyl (C=O) groups is 3. The Labute approximate surface area is 182 Å². The summed E-state index contributed by atoms with van der Waals surface area (Å²) in [5.74, 6) is -0.0711. The molecule has 5 rings (SSSR count). The van der Waals surface area contributed by atoms with E-state index in [0.717, 1.165) is 44.0 Å². The molecule has 0 spiro atoms. The molecule has 4 aliphatic heterocycles. The number of hydrogen-bond acceptors (Lipinski definition) is 6. The Hall–Kier alpha value is -2.45. The number of benzene rings is 1. The normalized spacial score (nSPS) is 29.7. The molecule has 4 heterocycles. The van der Waals surface area contributed by atoms with Gasteiger partial charge in [-0.15, -0.1) is 0 Å². The summed E-state index contributed by atoms with van der Waals surface area (Å²) in [6, 6.07) is 6.60. The lowest BCUT2D eigenvalue weighted by atomic mass is 9.96. The van der Waals surface area contributed by atoms with E-state index >= 15 is 0 Å². The molecule has 3 saturated heterocycles. The largest absolute Gasteiger partial charge is 0.371 e. The maximum absolute atomic E-state index is 13.0. The summed E-state index contributed by atoms with van der Waals surface area (Å²) in [5, 5.41) is 5.94. The van der Waals surface area contributed by atoms with Crippen LogP contribution in [-0.2, 0) is 16.1 Å². The minimum absolute atomic E-state index is 0.104. The van der Waals surface area contributed by atoms with E-state index in [1.54, 1.807) is 4.90 Å². The van der Waals surface area contributed by atoms with E-state index in [1.807, 2.05) is 12.1 Å². The second-order valence-corrected chi connectivity index (χ2v) is 9.70. The standard InChI is InChI=1S/C23H31N5O3/c1-14-8-26(9-15(2)24-14)10-16-11-27(12-16)18-4-3-17-13-28(23(31)19(17)7-18)20-5-6-21(29)25-22(20)30/h3-4,7,14-16,20,24H,5-6,8-13H2,1-2H3,(H,25,29,30). The Kier molecular flexibility index (Phi) is 5.22. The second-order valence-electron chi connectivity index (χ2n) is 9.70. The first-order valence-electron chi connectivity index (χ1n) is 11.4. The Bertz CT molecular complexity index is 902. The molecule has 0 aliphatic carbocycles. The van der Waals surface area contributed by atoms with Crippen LogP contribution in [0.2, 0.25) is 0 Å². The summed E-state index contributed by atoms with van der Waals surface area (Å²) < 4.78 is 0. The van der Waals surface area contributed by atoms with Crippen LogP contribution in [0.25, 0.3) is 0 Å². The number of piperidine rings is 1. The monoisotopic (exact) mass is 425 g/mol. The first kappa shape index (κ1) is 20.5. The Balaban J connectivity index is 1.20. The summed E-state index contributed by atoms with van der Waals surface area (Å²) in [4.78, 5) is 43.2. The predicted octanol–water partition coefficient (Wildman–Crippen LogP) is 0.566. The molecule has 0 saturated carbocycles. The van der Waals surface area contributed by atoms with Crippen molar-refractivity contribution in [2.24, 2.45) is 5.92 Å². The van der Waals surface area contributed by atoms with Gasteiger partial charge in [-0.3, -0.25) is 24.6 Å². The van der Waals surface area contributed by atoms with E-state index in [-0.39, 0.29) is 24.1 Å². The fourth-order valence-corrected chi connectivity index (χ4v) is 5.59. The number of nitrogens with zero attached hydrogens (tertiary/aromatic N) is 3. The van der Waals surface area contributed by atoms with Crippen LogP contribution in [-0.4, -0.2) is 78.4 Å². The second kappa shape index (κ2) is 7.91. The number of rotatable bonds is 4. The van der Waals surface area contributed by atoms with Gasteiger partial charge in [0.05, 0.1) is 0 Å². The third-order valence-electron chi connectivity index (χ3n) is 6.98. The topological polar surface area (TPSA) is 85.0 Å². The van der Waals surface area contributed by atoms with E-state index in [9.17, 15) is 14.4 Å². The number of carbonyl (C=O) groups excluding carboxylic acids is 3. The van der Waals surface area contributed by atoms with Gasteiger partial charge in [0.25, 0.3) is 5.91 Å². The van der Waals surface area contributed by atoms with E-state index in [4.69, 9.17) is 0 Å². The van der Waals surface area contributed by atoms with Crippen LogP contribution in [0.15, 0.2) is 18.2 Å². The Morgan fingerprint density at radius 1 is 1.03 bits per heavy atom. The molecule has 0 aromatic heterocycles. The molecule has 166 valence electrons. The van der Waals surface area contributed by atoms with Crippen molar-refractivity contribution in [1.29, 1.82) is 0 Å². The van der Waals surface area contributed by atoms with Crippen molar-refractivity contribution in [3.05, 3.63) is 29.3 Å². The van der Waals surface area contributed by atoms with E-state index in [0.29, 0.717) is 36.5 Å². The minimum atomic E-state index is -0.557. The molecular weight excluding hydrogens is 394 g/mol. The maximum atomic E-state index is 13.0. The zero-order chi connectivity index (χ0) is 21.7. The van der Waals surface area contributed by atoms with Gasteiger partial charge >= 0.3 is 0 Å². The average Bonchev–Trinajstić information content (AvgIpc) is 2.99. The van der Waals surface area contributed by atoms with Crippen molar-refractivity contribution in [1.82, 2.24) is 20.4 Å². The molecule has 4 aliphatic rings. The number of nitrogens with one attached hydrogen (secondary N) is 2. The third-order valence-corrected chi connectivity index (χ3v) is 6.98. The van der Waals surface area contributed by atoms with Gasteiger partial charge in [0, 0.05) is 74.9 Å². The van der Waals surface area contributed by atoms with Gasteiger partial charge in [0.15, 0.2) is 0 Å². The maximum Gasteiger partial charge on any atom is 0.255 e. The summed E-state index contributed by atoms with van der Waals surface area (Å²) >= 11 is 0. The number of piperazine rings is 1. The predicted molar refractivity (Wildman–Crippen MR) is 117 cm³/mol. The Morgan fingerprint density at radius 2 is 1.77 bits per heavy atom. The van der Waals surface area contributed by atoms with Gasteiger partial charge < -0.3 is 15.1 Å². The molecular formula is C23H31N5O3. The number of fused-ring (bicyclic) bond motifs is 1. The van der Waals surface area contributed by atoms with Crippen LogP contribution in [0, 0.1) is 5.92 Å². The fraction of sp³-hybridized carbons (Fsp3) is 0.609. The first-order chi connectivity index (χ1) is 14.9. The van der Waals surface area contributed by atoms with Gasteiger partial charge in [-0.2, -0.15) is 0 Å². The van der Waals surface area contributed by atoms with Crippen LogP contribution in [0.3, 0.4) is 0 Å². The van der Waals surface area contributed by atoms with E-state index in [2.05, 4.69) is 40.3 Å². The molecule has 1 aromatic carbocycles. The molecule has 3 atom stereocenters. The molecule has 31 heavy (non-hydrogen) atoms. The molecule has 3 fully saturated rings. The lowest BCUT2D eigenvalue weighted by Gasteiger charge is -2.45. The van der Waals surface area contributed by atoms with Gasteiger partial charge in [-0.05, 0) is 38.0 Å². The van der Waals surface area contributed by atoms with Crippen molar-refractivity contribution < 1.29 is 14.4 Å². The number of imide groups is 1. The van der Waals surface area contributed by atoms with Crippen LogP contribution >= 0.6 is 0 Å². The van der Waals surface area contributed by atoms with Crippen molar-refractivity contribution in [3.63, 3.8) is 0 Å². The van der Waals surface area contributed by atoms with Crippen LogP contribution in [0.4, 0.5) is 5.69 Å². The number of anilines is 1. The lowest BCUT2D eigenvalue weighted by molar-refractivity contribution is -0.136. The van der Waals surface area contributed by atoms with Crippen LogP contribution in [0.5, 0.6) is 0 Å². The quantitative estimate of drug-likeness (QED) is 0.686. The molecule has 0 bridgehead atoms. The molecule has 3 amide bonds. The van der Waals surface area contributed by atoms with Crippen molar-refractivity contribution >= 4 is 23.4 Å². The zero-order valence-corrected chi connectivity index (χ0v) is 18.3. The highest BCUT2D eigenvalue weighted by Gasteiger charge is 2.39. The summed E-state index contributed by atoms with van der Waals surface area (Å²) in [6.45, 7) is 10.3. The highest BCUT2D eigenvalue weighted by Crippen LogP contribution is 2.33. The summed E-state index contributed by atoms with van der Waals surface area (Å²) in [5.41, 5.74) is 2.73. The van der Waals surface area contributed by atoms with E-state index in [1.165, 1.54) is 0 Å². The molecule has 2 N–H and O–H groups in total. The van der Waals surface area contributed by atoms with Gasteiger partial charge in [-0.1, -0.05) is 6.07 Å². The smallest absolute Gasteiger partial charge is 0.255 e. The zero-order valence-electron chi connectivity index (χ0n) is 18.3. The highest BCUT2D eigenvalue weighted by atomic mass is 16.2. The fourth-order valence-electron chi connectivity index (χ4n) is 5.59. The van der Waals surface area contributed by atoms with Crippen LogP contribution in [0.1, 0.15) is 42.6 Å². The average molecular weight is 426 g/mol. The summed E-state index contributed by atoms with van der Waals surface area (Å²) in [6.07, 6.45) is 0.676. The molecule has 0 radical (unpaired) electrons. The van der Waals surface area contributed by atoms with Gasteiger partial charge in [0.2, 0.25) is 11.8 Å². The summed E-state index contributed by atoms with van der Waals surface area (Å²) in [7, 11) is 0. The van der Waals surface area contributed by atoms with Gasteiger partial charge in [0.1, 0.15) is 6.04 Å². The highest BCUT2D eigenvalue weighted by molar-refractivity contribution is 6.05. The van der Waals surface area contributed by atoms with Crippen molar-refractivity contribution in [2.45, 2.75) is 51.4 Å².